The van der Waals surface area contributed by atoms with Crippen molar-refractivity contribution in [2.24, 2.45) is 0 Å². The van der Waals surface area contributed by atoms with Gasteiger partial charge in [0, 0.05) is 18.3 Å². The molecule has 0 aliphatic carbocycles. The van der Waals surface area contributed by atoms with Crippen LogP contribution >= 0.6 is 0 Å². The molecule has 5 heteroatoms. The maximum absolute atomic E-state index is 12.2. The lowest BCUT2D eigenvalue weighted by molar-refractivity contribution is -0.118. The fraction of sp³-hybridized carbons (Fsp3) is 0.562. The maximum atomic E-state index is 12.2. The Labute approximate surface area is 126 Å². The highest BCUT2D eigenvalue weighted by molar-refractivity contribution is 5.92. The third kappa shape index (κ3) is 4.72. The van der Waals surface area contributed by atoms with E-state index < -0.39 is 0 Å². The summed E-state index contributed by atoms with van der Waals surface area (Å²) in [4.78, 5) is 14.5. The predicted octanol–water partition coefficient (Wildman–Crippen LogP) is 1.71. The number of hydrogen-bond acceptors (Lipinski definition) is 4. The summed E-state index contributed by atoms with van der Waals surface area (Å²) < 4.78 is 5.11. The molecule has 116 valence electrons. The third-order valence-electron chi connectivity index (χ3n) is 3.91. The van der Waals surface area contributed by atoms with Crippen molar-refractivity contribution in [3.05, 3.63) is 24.3 Å². The molecular formula is C16H25N3O2. The van der Waals surface area contributed by atoms with E-state index in [0.717, 1.165) is 30.9 Å². The monoisotopic (exact) mass is 291 g/mol. The average molecular weight is 291 g/mol. The maximum Gasteiger partial charge on any atom is 0.238 e. The molecule has 1 aromatic rings. The number of carbonyl (C=O) groups excluding carboxylic acids is 1. The molecule has 0 spiro atoms. The van der Waals surface area contributed by atoms with Crippen LogP contribution in [0.1, 0.15) is 19.3 Å². The van der Waals surface area contributed by atoms with Crippen molar-refractivity contribution < 1.29 is 9.53 Å². The Kier molecular flexibility index (Phi) is 6.02. The van der Waals surface area contributed by atoms with Gasteiger partial charge in [0.05, 0.1) is 13.7 Å². The molecule has 0 saturated carbocycles. The molecule has 21 heavy (non-hydrogen) atoms. The molecule has 2 rings (SSSR count). The smallest absolute Gasteiger partial charge is 0.238 e. The van der Waals surface area contributed by atoms with Gasteiger partial charge in [0.1, 0.15) is 5.75 Å². The molecular weight excluding hydrogens is 266 g/mol. The van der Waals surface area contributed by atoms with E-state index in [2.05, 4.69) is 15.5 Å². The van der Waals surface area contributed by atoms with Crippen molar-refractivity contribution >= 4 is 11.6 Å². The topological polar surface area (TPSA) is 53.6 Å². The minimum Gasteiger partial charge on any atom is -0.497 e. The first-order valence-electron chi connectivity index (χ1n) is 7.55. The highest BCUT2D eigenvalue weighted by atomic mass is 16.5. The molecule has 2 N–H and O–H groups in total. The summed E-state index contributed by atoms with van der Waals surface area (Å²) in [6.07, 6.45) is 3.59. The van der Waals surface area contributed by atoms with Crippen LogP contribution in [0.2, 0.25) is 0 Å². The Balaban J connectivity index is 1.87. The molecule has 1 heterocycles. The number of nitrogens with one attached hydrogen (secondary N) is 2. The van der Waals surface area contributed by atoms with Gasteiger partial charge in [-0.25, -0.2) is 0 Å². The summed E-state index contributed by atoms with van der Waals surface area (Å²) in [6.45, 7) is 2.40. The lowest BCUT2D eigenvalue weighted by atomic mass is 10.0. The van der Waals surface area contributed by atoms with Crippen LogP contribution < -0.4 is 15.4 Å². The van der Waals surface area contributed by atoms with Crippen molar-refractivity contribution in [3.8, 4) is 5.75 Å². The quantitative estimate of drug-likeness (QED) is 0.838. The van der Waals surface area contributed by atoms with E-state index in [9.17, 15) is 4.79 Å². The highest BCUT2D eigenvalue weighted by Crippen LogP contribution is 2.17. The number of anilines is 1. The van der Waals surface area contributed by atoms with Gasteiger partial charge in [-0.05, 0) is 50.7 Å². The normalized spacial score (nSPS) is 19.2. The van der Waals surface area contributed by atoms with Gasteiger partial charge >= 0.3 is 0 Å². The number of nitrogens with zero attached hydrogens (tertiary/aromatic N) is 1. The van der Waals surface area contributed by atoms with E-state index >= 15 is 0 Å². The summed E-state index contributed by atoms with van der Waals surface area (Å²) in [6, 6.07) is 7.88. The highest BCUT2D eigenvalue weighted by Gasteiger charge is 2.23. The van der Waals surface area contributed by atoms with Crippen LogP contribution in [0.4, 0.5) is 5.69 Å². The number of hydrogen-bond donors (Lipinski definition) is 2. The van der Waals surface area contributed by atoms with Crippen molar-refractivity contribution in [2.45, 2.75) is 25.3 Å². The van der Waals surface area contributed by atoms with Crippen LogP contribution in [0.25, 0.3) is 0 Å². The van der Waals surface area contributed by atoms with E-state index in [1.54, 1.807) is 7.11 Å². The molecule has 1 aromatic carbocycles. The van der Waals surface area contributed by atoms with Crippen molar-refractivity contribution in [3.63, 3.8) is 0 Å². The van der Waals surface area contributed by atoms with Gasteiger partial charge in [-0.2, -0.15) is 0 Å². The number of benzene rings is 1. The number of carbonyl (C=O) groups is 1. The molecule has 5 nitrogen and oxygen atoms in total. The van der Waals surface area contributed by atoms with Crippen LogP contribution in [0.15, 0.2) is 24.3 Å². The number of likely N-dealkylation sites (tertiary alicyclic amines) is 1. The summed E-state index contributed by atoms with van der Waals surface area (Å²) in [5, 5.41) is 6.16. The van der Waals surface area contributed by atoms with Crippen LogP contribution in [0.3, 0.4) is 0 Å². The van der Waals surface area contributed by atoms with E-state index in [4.69, 9.17) is 4.74 Å². The molecule has 1 aliphatic heterocycles. The van der Waals surface area contributed by atoms with E-state index in [-0.39, 0.29) is 5.91 Å². The zero-order valence-corrected chi connectivity index (χ0v) is 12.9. The van der Waals surface area contributed by atoms with Gasteiger partial charge in [-0.3, -0.25) is 9.69 Å². The average Bonchev–Trinajstić information content (AvgIpc) is 2.50. The van der Waals surface area contributed by atoms with E-state index in [1.165, 1.54) is 12.8 Å². The second-order valence-corrected chi connectivity index (χ2v) is 5.45. The van der Waals surface area contributed by atoms with E-state index in [1.807, 2.05) is 31.3 Å². The number of amides is 1. The molecule has 0 radical (unpaired) electrons. The Morgan fingerprint density at radius 3 is 2.76 bits per heavy atom. The molecule has 1 atom stereocenters. The van der Waals surface area contributed by atoms with Gasteiger partial charge < -0.3 is 15.4 Å². The first-order chi connectivity index (χ1) is 10.2. The zero-order valence-electron chi connectivity index (χ0n) is 12.9. The standard InChI is InChI=1S/C16H25N3O2/c1-17-11-14-5-3-4-10-19(14)12-16(20)18-13-6-8-15(21-2)9-7-13/h6-9,14,17H,3-5,10-12H2,1-2H3,(H,18,20). The molecule has 1 unspecified atom stereocenters. The fourth-order valence-corrected chi connectivity index (χ4v) is 2.79. The number of likely N-dealkylation sites (N-methyl/N-ethyl adjacent to an activating group) is 1. The SMILES string of the molecule is CNCC1CCCCN1CC(=O)Nc1ccc(OC)cc1. The minimum absolute atomic E-state index is 0.0446. The number of piperidine rings is 1. The number of methoxy groups -OCH3 is 1. The fourth-order valence-electron chi connectivity index (χ4n) is 2.79. The summed E-state index contributed by atoms with van der Waals surface area (Å²) in [5.74, 6) is 0.835. The Bertz CT molecular complexity index is 445. The molecule has 0 aromatic heterocycles. The Hall–Kier alpha value is -1.59. The minimum atomic E-state index is 0.0446. The van der Waals surface area contributed by atoms with Gasteiger partial charge in [0.25, 0.3) is 0 Å². The van der Waals surface area contributed by atoms with Gasteiger partial charge in [0.15, 0.2) is 0 Å². The molecule has 1 fully saturated rings. The molecule has 1 saturated heterocycles. The van der Waals surface area contributed by atoms with Gasteiger partial charge in [-0.1, -0.05) is 6.42 Å². The van der Waals surface area contributed by atoms with Crippen LogP contribution in [-0.4, -0.2) is 50.6 Å². The predicted molar refractivity (Wildman–Crippen MR) is 84.8 cm³/mol. The molecule has 1 aliphatic rings. The Morgan fingerprint density at radius 2 is 2.10 bits per heavy atom. The van der Waals surface area contributed by atoms with Crippen LogP contribution in [0.5, 0.6) is 5.75 Å². The second-order valence-electron chi connectivity index (χ2n) is 5.45. The zero-order chi connectivity index (χ0) is 15.1. The first-order valence-corrected chi connectivity index (χ1v) is 7.55. The van der Waals surface area contributed by atoms with Crippen LogP contribution in [0, 0.1) is 0 Å². The van der Waals surface area contributed by atoms with Crippen LogP contribution in [-0.2, 0) is 4.79 Å². The first kappa shape index (κ1) is 15.8. The van der Waals surface area contributed by atoms with Gasteiger partial charge in [0.2, 0.25) is 5.91 Å². The summed E-state index contributed by atoms with van der Waals surface area (Å²) in [5.41, 5.74) is 0.808. The Morgan fingerprint density at radius 1 is 1.33 bits per heavy atom. The van der Waals surface area contributed by atoms with Crippen molar-refractivity contribution in [1.82, 2.24) is 10.2 Å². The van der Waals surface area contributed by atoms with Crippen molar-refractivity contribution in [1.29, 1.82) is 0 Å². The largest absolute Gasteiger partial charge is 0.497 e. The van der Waals surface area contributed by atoms with Crippen molar-refractivity contribution in [2.75, 3.05) is 39.1 Å². The summed E-state index contributed by atoms with van der Waals surface area (Å²) in [7, 11) is 3.59. The number of ether oxygens (including phenoxy) is 1. The molecule has 1 amide bonds. The van der Waals surface area contributed by atoms with E-state index in [0.29, 0.717) is 12.6 Å². The lowest BCUT2D eigenvalue weighted by Crippen LogP contribution is -2.47. The van der Waals surface area contributed by atoms with Gasteiger partial charge in [-0.15, -0.1) is 0 Å². The second kappa shape index (κ2) is 8.00. The summed E-state index contributed by atoms with van der Waals surface area (Å²) >= 11 is 0. The molecule has 0 bridgehead atoms. The lowest BCUT2D eigenvalue weighted by Gasteiger charge is -2.35. The number of rotatable bonds is 6. The third-order valence-corrected chi connectivity index (χ3v) is 3.91.